The largest absolute Gasteiger partial charge is 0.396 e. The van der Waals surface area contributed by atoms with E-state index in [1.807, 2.05) is 0 Å². The standard InChI is InChI=1S/C10H23NO/c1-4-11(5-2)8-6-7-10(3)9-12/h10,12H,4-9H2,1-3H3/t10-/m1/s1. The van der Waals surface area contributed by atoms with Crippen molar-refractivity contribution in [2.45, 2.75) is 33.6 Å². The third-order valence-electron chi connectivity index (χ3n) is 2.38. The lowest BCUT2D eigenvalue weighted by Crippen LogP contribution is -2.24. The lowest BCUT2D eigenvalue weighted by molar-refractivity contribution is 0.218. The van der Waals surface area contributed by atoms with Crippen LogP contribution in [0.2, 0.25) is 0 Å². The van der Waals surface area contributed by atoms with Gasteiger partial charge in [0.15, 0.2) is 0 Å². The minimum atomic E-state index is 0.332. The minimum absolute atomic E-state index is 0.332. The van der Waals surface area contributed by atoms with Crippen LogP contribution < -0.4 is 0 Å². The molecule has 0 spiro atoms. The molecule has 0 radical (unpaired) electrons. The average molecular weight is 173 g/mol. The zero-order valence-electron chi connectivity index (χ0n) is 8.71. The Labute approximate surface area is 76.6 Å². The first-order valence-electron chi connectivity index (χ1n) is 5.07. The van der Waals surface area contributed by atoms with Gasteiger partial charge in [0.1, 0.15) is 0 Å². The van der Waals surface area contributed by atoms with Crippen LogP contribution in [0.15, 0.2) is 0 Å². The molecule has 0 aromatic carbocycles. The molecule has 0 amide bonds. The maximum absolute atomic E-state index is 8.80. The fraction of sp³-hybridized carbons (Fsp3) is 1.00. The fourth-order valence-corrected chi connectivity index (χ4v) is 1.29. The van der Waals surface area contributed by atoms with E-state index in [1.165, 1.54) is 13.0 Å². The molecule has 0 fully saturated rings. The van der Waals surface area contributed by atoms with E-state index < -0.39 is 0 Å². The molecular weight excluding hydrogens is 150 g/mol. The SMILES string of the molecule is CCN(CC)CCC[C@@H](C)CO. The molecular formula is C10H23NO. The molecule has 0 rings (SSSR count). The van der Waals surface area contributed by atoms with E-state index in [0.717, 1.165) is 19.5 Å². The Kier molecular flexibility index (Phi) is 7.51. The second kappa shape index (κ2) is 7.56. The lowest BCUT2D eigenvalue weighted by Gasteiger charge is -2.18. The summed E-state index contributed by atoms with van der Waals surface area (Å²) in [5, 5.41) is 8.80. The summed E-state index contributed by atoms with van der Waals surface area (Å²) in [4.78, 5) is 2.42. The molecule has 0 aliphatic heterocycles. The van der Waals surface area contributed by atoms with Crippen molar-refractivity contribution in [3.05, 3.63) is 0 Å². The maximum Gasteiger partial charge on any atom is 0.0456 e. The molecule has 0 aromatic heterocycles. The van der Waals surface area contributed by atoms with E-state index >= 15 is 0 Å². The molecule has 0 bridgehead atoms. The first kappa shape index (κ1) is 11.9. The number of hydrogen-bond acceptors (Lipinski definition) is 2. The average Bonchev–Trinajstić information content (AvgIpc) is 2.12. The molecule has 74 valence electrons. The Hall–Kier alpha value is -0.0800. The normalized spacial score (nSPS) is 13.8. The number of nitrogens with zero attached hydrogens (tertiary/aromatic N) is 1. The van der Waals surface area contributed by atoms with Crippen LogP contribution in [0.5, 0.6) is 0 Å². The smallest absolute Gasteiger partial charge is 0.0456 e. The molecule has 0 aliphatic carbocycles. The summed E-state index contributed by atoms with van der Waals surface area (Å²) in [7, 11) is 0. The summed E-state index contributed by atoms with van der Waals surface area (Å²) in [6.07, 6.45) is 2.36. The van der Waals surface area contributed by atoms with Gasteiger partial charge < -0.3 is 10.0 Å². The van der Waals surface area contributed by atoms with Crippen molar-refractivity contribution in [3.63, 3.8) is 0 Å². The third-order valence-corrected chi connectivity index (χ3v) is 2.38. The van der Waals surface area contributed by atoms with Crippen LogP contribution in [-0.2, 0) is 0 Å². The highest BCUT2D eigenvalue weighted by molar-refractivity contribution is 4.55. The highest BCUT2D eigenvalue weighted by atomic mass is 16.3. The zero-order valence-corrected chi connectivity index (χ0v) is 8.71. The van der Waals surface area contributed by atoms with Crippen molar-refractivity contribution in [1.82, 2.24) is 4.90 Å². The first-order chi connectivity index (χ1) is 5.74. The van der Waals surface area contributed by atoms with Crippen molar-refractivity contribution in [1.29, 1.82) is 0 Å². The van der Waals surface area contributed by atoms with E-state index in [1.54, 1.807) is 0 Å². The van der Waals surface area contributed by atoms with Crippen LogP contribution >= 0.6 is 0 Å². The topological polar surface area (TPSA) is 23.5 Å². The predicted octanol–water partition coefficient (Wildman–Crippen LogP) is 1.74. The third kappa shape index (κ3) is 5.56. The summed E-state index contributed by atoms with van der Waals surface area (Å²) in [5.74, 6) is 0.473. The number of aliphatic hydroxyl groups excluding tert-OH is 1. The number of hydrogen-bond donors (Lipinski definition) is 1. The van der Waals surface area contributed by atoms with Crippen LogP contribution in [0.3, 0.4) is 0 Å². The highest BCUT2D eigenvalue weighted by Gasteiger charge is 2.02. The molecule has 0 aromatic rings. The molecule has 1 N–H and O–H groups in total. The molecule has 0 heterocycles. The van der Waals surface area contributed by atoms with Gasteiger partial charge in [-0.3, -0.25) is 0 Å². The number of aliphatic hydroxyl groups is 1. The van der Waals surface area contributed by atoms with Crippen molar-refractivity contribution < 1.29 is 5.11 Å². The predicted molar refractivity (Wildman–Crippen MR) is 53.3 cm³/mol. The Morgan fingerprint density at radius 2 is 1.83 bits per heavy atom. The maximum atomic E-state index is 8.80. The Morgan fingerprint density at radius 3 is 2.25 bits per heavy atom. The van der Waals surface area contributed by atoms with Gasteiger partial charge in [-0.2, -0.15) is 0 Å². The van der Waals surface area contributed by atoms with E-state index in [4.69, 9.17) is 5.11 Å². The first-order valence-corrected chi connectivity index (χ1v) is 5.07. The van der Waals surface area contributed by atoms with E-state index in [9.17, 15) is 0 Å². The quantitative estimate of drug-likeness (QED) is 0.634. The van der Waals surface area contributed by atoms with E-state index in [0.29, 0.717) is 12.5 Å². The van der Waals surface area contributed by atoms with Crippen LogP contribution in [0.4, 0.5) is 0 Å². The van der Waals surface area contributed by atoms with Crippen LogP contribution in [0.1, 0.15) is 33.6 Å². The second-order valence-electron chi connectivity index (χ2n) is 3.46. The summed E-state index contributed by atoms with van der Waals surface area (Å²) in [6, 6.07) is 0. The van der Waals surface area contributed by atoms with Crippen molar-refractivity contribution >= 4 is 0 Å². The van der Waals surface area contributed by atoms with Gasteiger partial charge in [-0.05, 0) is 38.4 Å². The second-order valence-corrected chi connectivity index (χ2v) is 3.46. The van der Waals surface area contributed by atoms with Gasteiger partial charge >= 0.3 is 0 Å². The molecule has 0 saturated heterocycles. The molecule has 2 nitrogen and oxygen atoms in total. The monoisotopic (exact) mass is 173 g/mol. The molecule has 12 heavy (non-hydrogen) atoms. The molecule has 1 atom stereocenters. The van der Waals surface area contributed by atoms with Crippen molar-refractivity contribution in [2.24, 2.45) is 5.92 Å². The van der Waals surface area contributed by atoms with Crippen LogP contribution in [0, 0.1) is 5.92 Å². The fourth-order valence-electron chi connectivity index (χ4n) is 1.29. The summed E-state index contributed by atoms with van der Waals surface area (Å²) in [6.45, 7) is 10.3. The molecule has 0 aliphatic rings. The molecule has 2 heteroatoms. The van der Waals surface area contributed by atoms with Gasteiger partial charge in [0, 0.05) is 6.61 Å². The van der Waals surface area contributed by atoms with Crippen LogP contribution in [0.25, 0.3) is 0 Å². The number of rotatable bonds is 7. The summed E-state index contributed by atoms with van der Waals surface area (Å²) >= 11 is 0. The minimum Gasteiger partial charge on any atom is -0.396 e. The Balaban J connectivity index is 3.28. The molecule has 0 unspecified atom stereocenters. The van der Waals surface area contributed by atoms with E-state index in [2.05, 4.69) is 25.7 Å². The van der Waals surface area contributed by atoms with E-state index in [-0.39, 0.29) is 0 Å². The van der Waals surface area contributed by atoms with Crippen LogP contribution in [-0.4, -0.2) is 36.2 Å². The van der Waals surface area contributed by atoms with Crippen molar-refractivity contribution in [3.8, 4) is 0 Å². The highest BCUT2D eigenvalue weighted by Crippen LogP contribution is 2.04. The zero-order chi connectivity index (χ0) is 9.40. The Bertz CT molecular complexity index is 91.8. The summed E-state index contributed by atoms with van der Waals surface area (Å²) in [5.41, 5.74) is 0. The van der Waals surface area contributed by atoms with Gasteiger partial charge in [-0.15, -0.1) is 0 Å². The van der Waals surface area contributed by atoms with Gasteiger partial charge in [0.05, 0.1) is 0 Å². The van der Waals surface area contributed by atoms with Gasteiger partial charge in [0.2, 0.25) is 0 Å². The Morgan fingerprint density at radius 1 is 1.25 bits per heavy atom. The van der Waals surface area contributed by atoms with Crippen molar-refractivity contribution in [2.75, 3.05) is 26.2 Å². The van der Waals surface area contributed by atoms with Gasteiger partial charge in [-0.25, -0.2) is 0 Å². The lowest BCUT2D eigenvalue weighted by atomic mass is 10.1. The summed E-state index contributed by atoms with van der Waals surface area (Å²) < 4.78 is 0. The van der Waals surface area contributed by atoms with Gasteiger partial charge in [-0.1, -0.05) is 20.8 Å². The molecule has 0 saturated carbocycles. The van der Waals surface area contributed by atoms with Gasteiger partial charge in [0.25, 0.3) is 0 Å².